The van der Waals surface area contributed by atoms with Crippen LogP contribution >= 0.6 is 38.5 Å². The molecule has 4 heteroatoms. The molecule has 1 aromatic carbocycles. The Bertz CT molecular complexity index is 445. The quantitative estimate of drug-likeness (QED) is 0.530. The lowest BCUT2D eigenvalue weighted by Gasteiger charge is -2.23. The van der Waals surface area contributed by atoms with Gasteiger partial charge in [0.2, 0.25) is 0 Å². The fourth-order valence-electron chi connectivity index (χ4n) is 1.66. The van der Waals surface area contributed by atoms with Gasteiger partial charge < -0.3 is 4.90 Å². The highest BCUT2D eigenvalue weighted by molar-refractivity contribution is 14.1. The molecule has 0 aromatic heterocycles. The molecule has 0 saturated heterocycles. The highest BCUT2D eigenvalue weighted by Crippen LogP contribution is 2.21. The van der Waals surface area contributed by atoms with E-state index < -0.39 is 0 Å². The van der Waals surface area contributed by atoms with Gasteiger partial charge in [0.1, 0.15) is 0 Å². The zero-order valence-corrected chi connectivity index (χ0v) is 12.4. The molecule has 0 radical (unpaired) electrons. The molecule has 0 bridgehead atoms. The van der Waals surface area contributed by atoms with E-state index in [2.05, 4.69) is 44.6 Å². The Hall–Kier alpha value is -0.360. The summed E-state index contributed by atoms with van der Waals surface area (Å²) in [5.74, 6) is 0.106. The number of rotatable bonds is 1. The maximum absolute atomic E-state index is 12.2. The van der Waals surface area contributed by atoms with Crippen molar-refractivity contribution in [2.45, 2.75) is 6.42 Å². The van der Waals surface area contributed by atoms with Crippen LogP contribution in [0.15, 0.2) is 34.8 Å². The van der Waals surface area contributed by atoms with E-state index in [9.17, 15) is 4.79 Å². The average molecular weight is 392 g/mol. The second-order valence-corrected chi connectivity index (χ2v) is 5.74. The van der Waals surface area contributed by atoms with Crippen LogP contribution in [0.1, 0.15) is 16.8 Å². The molecule has 1 aliphatic rings. The van der Waals surface area contributed by atoms with Crippen molar-refractivity contribution in [1.29, 1.82) is 0 Å². The van der Waals surface area contributed by atoms with Gasteiger partial charge in [-0.3, -0.25) is 4.79 Å². The van der Waals surface area contributed by atoms with E-state index in [1.807, 2.05) is 29.2 Å². The van der Waals surface area contributed by atoms with Gasteiger partial charge in [-0.05, 0) is 63.1 Å². The van der Waals surface area contributed by atoms with Crippen molar-refractivity contribution < 1.29 is 4.79 Å². The lowest BCUT2D eigenvalue weighted by molar-refractivity contribution is 0.0770. The molecule has 0 fully saturated rings. The molecule has 2 nitrogen and oxygen atoms in total. The fraction of sp³-hybridized carbons (Fsp3) is 0.250. The first-order valence-corrected chi connectivity index (χ1v) is 6.95. The monoisotopic (exact) mass is 391 g/mol. The predicted octanol–water partition coefficient (Wildman–Crippen LogP) is 3.46. The summed E-state index contributed by atoms with van der Waals surface area (Å²) in [6.45, 7) is 1.53. The minimum absolute atomic E-state index is 0.106. The Morgan fingerprint density at radius 1 is 1.38 bits per heavy atom. The number of benzene rings is 1. The number of hydrogen-bond acceptors (Lipinski definition) is 1. The molecule has 1 heterocycles. The number of nitrogens with zero attached hydrogens (tertiary/aromatic N) is 1. The molecule has 16 heavy (non-hydrogen) atoms. The van der Waals surface area contributed by atoms with Crippen molar-refractivity contribution in [3.05, 3.63) is 44.0 Å². The molecule has 1 amide bonds. The van der Waals surface area contributed by atoms with Crippen molar-refractivity contribution in [3.8, 4) is 0 Å². The summed E-state index contributed by atoms with van der Waals surface area (Å²) in [5, 5.41) is 0. The van der Waals surface area contributed by atoms with Crippen LogP contribution in [0.25, 0.3) is 0 Å². The summed E-state index contributed by atoms with van der Waals surface area (Å²) in [4.78, 5) is 14.1. The van der Waals surface area contributed by atoms with Crippen molar-refractivity contribution >= 4 is 44.4 Å². The molecule has 0 atom stereocenters. The van der Waals surface area contributed by atoms with Gasteiger partial charge >= 0.3 is 0 Å². The van der Waals surface area contributed by atoms with E-state index in [0.29, 0.717) is 0 Å². The van der Waals surface area contributed by atoms with Gasteiger partial charge in [0.25, 0.3) is 5.91 Å². The van der Waals surface area contributed by atoms with Crippen molar-refractivity contribution in [2.75, 3.05) is 13.1 Å². The van der Waals surface area contributed by atoms with Crippen molar-refractivity contribution in [3.63, 3.8) is 0 Å². The van der Waals surface area contributed by atoms with Crippen LogP contribution in [0.4, 0.5) is 0 Å². The molecular formula is C12H11BrINO. The number of carbonyl (C=O) groups is 1. The second-order valence-electron chi connectivity index (χ2n) is 3.64. The first-order valence-electron chi connectivity index (χ1n) is 5.08. The van der Waals surface area contributed by atoms with E-state index >= 15 is 0 Å². The van der Waals surface area contributed by atoms with E-state index in [-0.39, 0.29) is 5.91 Å². The molecule has 1 aromatic rings. The van der Waals surface area contributed by atoms with Gasteiger partial charge in [-0.2, -0.15) is 0 Å². The zero-order chi connectivity index (χ0) is 11.5. The van der Waals surface area contributed by atoms with Gasteiger partial charge in [-0.25, -0.2) is 0 Å². The standard InChI is InChI=1S/C12H11BrINO/c13-11-5-4-9(14)8-10(11)12(16)15-6-2-1-3-7-15/h1-2,4-5,8H,3,6-7H2. The predicted molar refractivity (Wildman–Crippen MR) is 76.5 cm³/mol. The van der Waals surface area contributed by atoms with E-state index in [0.717, 1.165) is 33.1 Å². The van der Waals surface area contributed by atoms with Gasteiger partial charge in [-0.1, -0.05) is 12.2 Å². The maximum atomic E-state index is 12.2. The Kier molecular flexibility index (Phi) is 4.02. The summed E-state index contributed by atoms with van der Waals surface area (Å²) in [5.41, 5.74) is 0.752. The third kappa shape index (κ3) is 2.66. The van der Waals surface area contributed by atoms with E-state index in [1.54, 1.807) is 0 Å². The van der Waals surface area contributed by atoms with Crippen LogP contribution in [-0.2, 0) is 0 Å². The Morgan fingerprint density at radius 2 is 2.19 bits per heavy atom. The molecule has 0 saturated carbocycles. The molecule has 84 valence electrons. The smallest absolute Gasteiger partial charge is 0.255 e. The summed E-state index contributed by atoms with van der Waals surface area (Å²) >= 11 is 5.65. The highest BCUT2D eigenvalue weighted by atomic mass is 127. The SMILES string of the molecule is O=C(c1cc(I)ccc1Br)N1CC=CCC1. The maximum Gasteiger partial charge on any atom is 0.255 e. The number of halogens is 2. The van der Waals surface area contributed by atoms with Crippen molar-refractivity contribution in [2.24, 2.45) is 0 Å². The summed E-state index contributed by atoms with van der Waals surface area (Å²) in [7, 11) is 0. The largest absolute Gasteiger partial charge is 0.335 e. The van der Waals surface area contributed by atoms with Crippen LogP contribution in [-0.4, -0.2) is 23.9 Å². The van der Waals surface area contributed by atoms with Crippen LogP contribution in [0, 0.1) is 3.57 Å². The molecule has 0 aliphatic carbocycles. The molecule has 0 unspecified atom stereocenters. The first-order chi connectivity index (χ1) is 7.68. The lowest BCUT2D eigenvalue weighted by Crippen LogP contribution is -2.34. The van der Waals surface area contributed by atoms with Crippen molar-refractivity contribution in [1.82, 2.24) is 4.90 Å². The van der Waals surface area contributed by atoms with Gasteiger partial charge in [-0.15, -0.1) is 0 Å². The topological polar surface area (TPSA) is 20.3 Å². The minimum atomic E-state index is 0.106. The van der Waals surface area contributed by atoms with Gasteiger partial charge in [0.05, 0.1) is 5.56 Å². The molecular weight excluding hydrogens is 381 g/mol. The minimum Gasteiger partial charge on any atom is -0.335 e. The second kappa shape index (κ2) is 5.31. The average Bonchev–Trinajstić information content (AvgIpc) is 2.32. The summed E-state index contributed by atoms with van der Waals surface area (Å²) < 4.78 is 1.95. The van der Waals surface area contributed by atoms with Gasteiger partial charge in [0, 0.05) is 21.1 Å². The van der Waals surface area contributed by atoms with Crippen LogP contribution in [0.2, 0.25) is 0 Å². The Morgan fingerprint density at radius 3 is 2.88 bits per heavy atom. The highest BCUT2D eigenvalue weighted by Gasteiger charge is 2.18. The van der Waals surface area contributed by atoms with E-state index in [1.165, 1.54) is 0 Å². The lowest BCUT2D eigenvalue weighted by atomic mass is 10.1. The molecule has 2 rings (SSSR count). The summed E-state index contributed by atoms with van der Waals surface area (Å²) in [6, 6.07) is 5.83. The summed E-state index contributed by atoms with van der Waals surface area (Å²) in [6.07, 6.45) is 5.12. The van der Waals surface area contributed by atoms with Crippen LogP contribution in [0.5, 0.6) is 0 Å². The molecule has 0 spiro atoms. The molecule has 0 N–H and O–H groups in total. The first kappa shape index (κ1) is 12.1. The third-order valence-corrected chi connectivity index (χ3v) is 3.87. The van der Waals surface area contributed by atoms with Crippen LogP contribution in [0.3, 0.4) is 0 Å². The van der Waals surface area contributed by atoms with Gasteiger partial charge in [0.15, 0.2) is 0 Å². The van der Waals surface area contributed by atoms with Crippen LogP contribution < -0.4 is 0 Å². The number of hydrogen-bond donors (Lipinski definition) is 0. The zero-order valence-electron chi connectivity index (χ0n) is 8.62. The Balaban J connectivity index is 2.26. The number of carbonyl (C=O) groups excluding carboxylic acids is 1. The molecule has 1 aliphatic heterocycles. The third-order valence-electron chi connectivity index (χ3n) is 2.50. The fourth-order valence-corrected chi connectivity index (χ4v) is 2.56. The Labute approximate surface area is 117 Å². The number of amides is 1. The normalized spacial score (nSPS) is 15.2. The van der Waals surface area contributed by atoms with E-state index in [4.69, 9.17) is 0 Å².